The maximum Gasteiger partial charge on any atom is 0.278 e. The first-order chi connectivity index (χ1) is 11.3. The van der Waals surface area contributed by atoms with Gasteiger partial charge < -0.3 is 15.4 Å². The Morgan fingerprint density at radius 2 is 2.17 bits per heavy atom. The number of carbonyl (C=O) groups is 2. The number of nitrogens with zero attached hydrogens (tertiary/aromatic N) is 2. The summed E-state index contributed by atoms with van der Waals surface area (Å²) >= 11 is 0. The van der Waals surface area contributed by atoms with Crippen LogP contribution in [0.3, 0.4) is 0 Å². The van der Waals surface area contributed by atoms with Crippen molar-refractivity contribution in [2.45, 2.75) is 39.8 Å². The highest BCUT2D eigenvalue weighted by molar-refractivity contribution is 6.19. The molecular formula is C17H20N4O3. The lowest BCUT2D eigenvalue weighted by molar-refractivity contribution is -0.143. The van der Waals surface area contributed by atoms with E-state index >= 15 is 0 Å². The fraction of sp³-hybridized carbons (Fsp3) is 0.353. The highest BCUT2D eigenvalue weighted by Crippen LogP contribution is 2.35. The summed E-state index contributed by atoms with van der Waals surface area (Å²) in [5.74, 6) is -0.567. The van der Waals surface area contributed by atoms with E-state index in [1.165, 1.54) is 6.92 Å². The molecular weight excluding hydrogens is 308 g/mol. The Bertz CT molecular complexity index is 827. The second kappa shape index (κ2) is 5.67. The van der Waals surface area contributed by atoms with Gasteiger partial charge in [0.05, 0.1) is 23.3 Å². The lowest BCUT2D eigenvalue weighted by atomic mass is 10.0. The standard InChI is InChI=1S/C17H20N4O3/c1-5-21-11(3)13(9-18-21)20-16(23)17(4)15(22)19-12-8-10(2)6-7-14(12)24-17/h6-9H,5H2,1-4H3,(H,19,22)(H,20,23). The molecule has 0 spiro atoms. The number of benzene rings is 1. The first-order valence-corrected chi connectivity index (χ1v) is 7.80. The van der Waals surface area contributed by atoms with Gasteiger partial charge in [-0.1, -0.05) is 6.07 Å². The number of nitrogens with one attached hydrogen (secondary N) is 2. The summed E-state index contributed by atoms with van der Waals surface area (Å²) in [7, 11) is 0. The van der Waals surface area contributed by atoms with Crippen molar-refractivity contribution in [2.75, 3.05) is 10.6 Å². The Hall–Kier alpha value is -2.83. The monoisotopic (exact) mass is 328 g/mol. The molecule has 126 valence electrons. The molecule has 24 heavy (non-hydrogen) atoms. The van der Waals surface area contributed by atoms with Crippen LogP contribution in [0.4, 0.5) is 11.4 Å². The van der Waals surface area contributed by atoms with E-state index in [4.69, 9.17) is 4.74 Å². The van der Waals surface area contributed by atoms with Crippen molar-refractivity contribution >= 4 is 23.2 Å². The van der Waals surface area contributed by atoms with E-state index in [1.807, 2.05) is 26.8 Å². The van der Waals surface area contributed by atoms with E-state index < -0.39 is 17.4 Å². The second-order valence-electron chi connectivity index (χ2n) is 6.00. The lowest BCUT2D eigenvalue weighted by Gasteiger charge is -2.33. The molecule has 0 bridgehead atoms. The third-order valence-corrected chi connectivity index (χ3v) is 4.21. The molecule has 1 atom stereocenters. The number of aryl methyl sites for hydroxylation is 2. The summed E-state index contributed by atoms with van der Waals surface area (Å²) in [6, 6.07) is 5.42. The minimum atomic E-state index is -1.65. The van der Waals surface area contributed by atoms with E-state index in [2.05, 4.69) is 15.7 Å². The van der Waals surface area contributed by atoms with Crippen molar-refractivity contribution in [3.05, 3.63) is 35.7 Å². The molecule has 2 heterocycles. The average molecular weight is 328 g/mol. The summed E-state index contributed by atoms with van der Waals surface area (Å²) < 4.78 is 7.50. The van der Waals surface area contributed by atoms with Crippen LogP contribution in [0.5, 0.6) is 5.75 Å². The smallest absolute Gasteiger partial charge is 0.278 e. The molecule has 2 amide bonds. The number of ether oxygens (including phenoxy) is 1. The molecule has 0 saturated carbocycles. The maximum atomic E-state index is 12.7. The van der Waals surface area contributed by atoms with Gasteiger partial charge in [0, 0.05) is 6.54 Å². The van der Waals surface area contributed by atoms with E-state index in [9.17, 15) is 9.59 Å². The number of hydrogen-bond donors (Lipinski definition) is 2. The largest absolute Gasteiger partial charge is 0.466 e. The third-order valence-electron chi connectivity index (χ3n) is 4.21. The van der Waals surface area contributed by atoms with Crippen molar-refractivity contribution in [1.29, 1.82) is 0 Å². The zero-order valence-electron chi connectivity index (χ0n) is 14.1. The molecule has 0 saturated heterocycles. The average Bonchev–Trinajstić information content (AvgIpc) is 2.89. The molecule has 0 aliphatic carbocycles. The topological polar surface area (TPSA) is 85.2 Å². The van der Waals surface area contributed by atoms with Gasteiger partial charge >= 0.3 is 0 Å². The molecule has 0 fully saturated rings. The number of amides is 2. The molecule has 1 aliphatic rings. The van der Waals surface area contributed by atoms with Gasteiger partial charge in [-0.15, -0.1) is 0 Å². The minimum Gasteiger partial charge on any atom is -0.466 e. The van der Waals surface area contributed by atoms with E-state index in [1.54, 1.807) is 23.0 Å². The second-order valence-corrected chi connectivity index (χ2v) is 6.00. The van der Waals surface area contributed by atoms with Crippen molar-refractivity contribution < 1.29 is 14.3 Å². The molecule has 2 aromatic rings. The molecule has 0 radical (unpaired) electrons. The normalized spacial score (nSPS) is 19.2. The van der Waals surface area contributed by atoms with Crippen LogP contribution >= 0.6 is 0 Å². The van der Waals surface area contributed by atoms with Crippen LogP contribution in [0.2, 0.25) is 0 Å². The highest BCUT2D eigenvalue weighted by Gasteiger charge is 2.47. The maximum absolute atomic E-state index is 12.7. The predicted octanol–water partition coefficient (Wildman–Crippen LogP) is 2.25. The number of aromatic nitrogens is 2. The van der Waals surface area contributed by atoms with Gasteiger partial charge in [-0.25, -0.2) is 0 Å². The van der Waals surface area contributed by atoms with Gasteiger partial charge in [0.2, 0.25) is 0 Å². The van der Waals surface area contributed by atoms with E-state index in [0.29, 0.717) is 23.7 Å². The SMILES string of the molecule is CCn1ncc(NC(=O)C2(C)Oc3ccc(C)cc3NC2=O)c1C. The number of fused-ring (bicyclic) bond motifs is 1. The molecule has 7 heteroatoms. The minimum absolute atomic E-state index is 0.471. The van der Waals surface area contributed by atoms with Crippen LogP contribution < -0.4 is 15.4 Å². The summed E-state index contributed by atoms with van der Waals surface area (Å²) in [5.41, 5.74) is 1.30. The number of anilines is 2. The van der Waals surface area contributed by atoms with Crippen LogP contribution in [0, 0.1) is 13.8 Å². The summed E-state index contributed by atoms with van der Waals surface area (Å²) in [4.78, 5) is 25.1. The Morgan fingerprint density at radius 1 is 1.42 bits per heavy atom. The van der Waals surface area contributed by atoms with Gasteiger partial charge in [0.15, 0.2) is 0 Å². The summed E-state index contributed by atoms with van der Waals surface area (Å²) in [6.45, 7) is 7.89. The molecule has 7 nitrogen and oxygen atoms in total. The predicted molar refractivity (Wildman–Crippen MR) is 90.1 cm³/mol. The molecule has 2 N–H and O–H groups in total. The number of rotatable bonds is 3. The van der Waals surface area contributed by atoms with E-state index in [-0.39, 0.29) is 0 Å². The quantitative estimate of drug-likeness (QED) is 0.846. The lowest BCUT2D eigenvalue weighted by Crippen LogP contribution is -2.56. The van der Waals surface area contributed by atoms with Crippen LogP contribution in [-0.4, -0.2) is 27.2 Å². The van der Waals surface area contributed by atoms with Crippen molar-refractivity contribution in [3.63, 3.8) is 0 Å². The fourth-order valence-corrected chi connectivity index (χ4v) is 2.62. The van der Waals surface area contributed by atoms with Gasteiger partial charge in [-0.3, -0.25) is 14.3 Å². The van der Waals surface area contributed by atoms with Crippen LogP contribution in [0.15, 0.2) is 24.4 Å². The zero-order chi connectivity index (χ0) is 17.5. The first-order valence-electron chi connectivity index (χ1n) is 7.80. The zero-order valence-corrected chi connectivity index (χ0v) is 14.1. The molecule has 3 rings (SSSR count). The van der Waals surface area contributed by atoms with Crippen molar-refractivity contribution in [1.82, 2.24) is 9.78 Å². The Labute approximate surface area is 140 Å². The third kappa shape index (κ3) is 2.51. The first kappa shape index (κ1) is 16.0. The summed E-state index contributed by atoms with van der Waals surface area (Å²) in [5, 5.41) is 9.66. The van der Waals surface area contributed by atoms with Crippen LogP contribution in [0.25, 0.3) is 0 Å². The summed E-state index contributed by atoms with van der Waals surface area (Å²) in [6.07, 6.45) is 1.57. The highest BCUT2D eigenvalue weighted by atomic mass is 16.5. The van der Waals surface area contributed by atoms with Gasteiger partial charge in [-0.2, -0.15) is 5.10 Å². The van der Waals surface area contributed by atoms with Crippen molar-refractivity contribution in [3.8, 4) is 5.75 Å². The van der Waals surface area contributed by atoms with Crippen LogP contribution in [-0.2, 0) is 16.1 Å². The van der Waals surface area contributed by atoms with Gasteiger partial charge in [0.1, 0.15) is 5.75 Å². The Balaban J connectivity index is 1.87. The number of carbonyl (C=O) groups excluding carboxylic acids is 2. The molecule has 1 aliphatic heterocycles. The Kier molecular flexibility index (Phi) is 3.79. The van der Waals surface area contributed by atoms with Crippen molar-refractivity contribution in [2.24, 2.45) is 0 Å². The fourth-order valence-electron chi connectivity index (χ4n) is 2.62. The molecule has 1 aromatic heterocycles. The molecule has 1 aromatic carbocycles. The van der Waals surface area contributed by atoms with Gasteiger partial charge in [0.25, 0.3) is 17.4 Å². The number of hydrogen-bond acceptors (Lipinski definition) is 4. The Morgan fingerprint density at radius 3 is 2.83 bits per heavy atom. The van der Waals surface area contributed by atoms with E-state index in [0.717, 1.165) is 11.3 Å². The molecule has 1 unspecified atom stereocenters. The van der Waals surface area contributed by atoms with Gasteiger partial charge in [-0.05, 0) is 45.4 Å². The van der Waals surface area contributed by atoms with Crippen LogP contribution in [0.1, 0.15) is 25.1 Å².